The van der Waals surface area contributed by atoms with Crippen LogP contribution in [0.4, 0.5) is 0 Å². The third-order valence-corrected chi connectivity index (χ3v) is 23.2. The number of carbonyl (C=O) groups excluding carboxylic acids is 7. The van der Waals surface area contributed by atoms with Crippen LogP contribution in [0.5, 0.6) is 69.0 Å². The number of unbranched alkanes of at least 4 members (excludes halogenated alkanes) is 14. The SMILES string of the molecule is CCCCCCCCCC[N+](C)(C)CCCNCc1c(O)cc2c(c1O)-c1cc(ccc1O)[C@H]1NC(=O)[C@@H]3NC(=O)C4NC(=O)[C@@H](Cc5ccc(c(Cl)c5)Oc5cc3cc(c5O)Oc3ccc(cc3Cl)[C@@H](O)[C@H](NC1=O)C(=O)N[C@@H]2C(=O)NCCC[N+](C)(C)CCCCCCCCCC)NC(=O)[C@@H](N)c1ccc(O)c(c1)Oc1cc(O)cc4c1. The van der Waals surface area contributed by atoms with Gasteiger partial charge in [0.15, 0.2) is 23.0 Å². The highest BCUT2D eigenvalue weighted by molar-refractivity contribution is 6.32. The predicted molar refractivity (Wildman–Crippen MR) is 450 cm³/mol. The van der Waals surface area contributed by atoms with E-state index in [1.54, 1.807) is 0 Å². The van der Waals surface area contributed by atoms with Crippen molar-refractivity contribution in [2.45, 2.75) is 191 Å². The van der Waals surface area contributed by atoms with Crippen LogP contribution in [0.15, 0.2) is 109 Å². The maximum absolute atomic E-state index is 16.3. The van der Waals surface area contributed by atoms with Gasteiger partial charge in [-0.2, -0.15) is 0 Å². The normalized spacial score (nSPS) is 19.4. The number of aromatic hydroxyl groups is 6. The highest BCUT2D eigenvalue weighted by atomic mass is 35.5. The molecule has 30 heteroatoms. The van der Waals surface area contributed by atoms with E-state index in [9.17, 15) is 40.5 Å². The molecule has 0 aliphatic carbocycles. The van der Waals surface area contributed by atoms with Crippen molar-refractivity contribution in [2.24, 2.45) is 5.73 Å². The summed E-state index contributed by atoms with van der Waals surface area (Å²) in [6.45, 7) is 8.03. The Labute approximate surface area is 703 Å². The van der Waals surface area contributed by atoms with Crippen LogP contribution in [0.3, 0.4) is 0 Å². The number of hydrogen-bond donors (Lipinski definition) is 16. The summed E-state index contributed by atoms with van der Waals surface area (Å²) in [5.74, 6) is -13.1. The van der Waals surface area contributed by atoms with Crippen LogP contribution < -0.4 is 62.5 Å². The second kappa shape index (κ2) is 40.4. The van der Waals surface area contributed by atoms with Crippen LogP contribution in [0.2, 0.25) is 10.0 Å². The van der Waals surface area contributed by atoms with Crippen molar-refractivity contribution in [2.75, 3.05) is 67.5 Å². The molecule has 28 nitrogen and oxygen atoms in total. The molecule has 0 fully saturated rings. The first-order chi connectivity index (χ1) is 56.9. The molecule has 638 valence electrons. The number of benzene rings is 7. The minimum Gasteiger partial charge on any atom is -0.508 e. The van der Waals surface area contributed by atoms with Gasteiger partial charge in [0, 0.05) is 56.1 Å². The van der Waals surface area contributed by atoms with Crippen molar-refractivity contribution < 1.29 is 92.5 Å². The van der Waals surface area contributed by atoms with Gasteiger partial charge in [-0.15, -0.1) is 0 Å². The molecule has 0 aromatic heterocycles. The van der Waals surface area contributed by atoms with Crippen LogP contribution in [-0.2, 0) is 46.5 Å². The molecule has 7 aromatic carbocycles. The molecule has 119 heavy (non-hydrogen) atoms. The van der Waals surface area contributed by atoms with Crippen molar-refractivity contribution in [1.82, 2.24) is 42.5 Å². The first kappa shape index (κ1) is 89.2. The van der Waals surface area contributed by atoms with Crippen molar-refractivity contribution in [3.8, 4) is 80.1 Å². The number of ether oxygens (including phenoxy) is 3. The Morgan fingerprint density at radius 1 is 0.471 bits per heavy atom. The fraction of sp³-hybridized carbons (Fsp3) is 0.449. The van der Waals surface area contributed by atoms with Crippen molar-refractivity contribution in [3.63, 3.8) is 0 Å². The van der Waals surface area contributed by atoms with Crippen molar-refractivity contribution >= 4 is 64.6 Å². The smallest absolute Gasteiger partial charge is 0.248 e. The zero-order chi connectivity index (χ0) is 85.4. The minimum absolute atomic E-state index is 0.0730. The lowest BCUT2D eigenvalue weighted by molar-refractivity contribution is -0.890. The summed E-state index contributed by atoms with van der Waals surface area (Å²) in [6, 6.07) is 9.04. The summed E-state index contributed by atoms with van der Waals surface area (Å²) in [7, 11) is 8.59. The Kier molecular flexibility index (Phi) is 30.3. The number of fused-ring (bicyclic) bond motifs is 14. The Morgan fingerprint density at radius 2 is 0.992 bits per heavy atom. The van der Waals surface area contributed by atoms with Gasteiger partial charge in [0.1, 0.15) is 88.6 Å². The standard InChI is InChI=1S/C89H111Cl2N11O17/c1-7-9-11-13-15-17-19-21-35-101(3,4)37-23-33-93-50-61-67(106)49-60-73(81(61)108)59-43-53(27-29-65(59)104)75-86(113)100-79(89(116)99-78(60)85(112)94-34-24-38-102(5,6)36-22-20-18-16-14-12-10-8-2)80(107)54-28-32-69(63(91)44-54)119-72-47-56-46-71(82(72)109)118-68-31-25-51(39-62(68)90)40-64-83(110)96-76(87(114)98-77(56)88(115)97-75)55-41-57(103)48-58(42-55)117-70-45-52(26-30-66(70)105)74(92)84(111)95-64/h25-32,39,41-49,64,74-80,93,107H,7-24,33-38,40,50,92H2,1-6H3,(H11-2,94,95,96,97,98,99,100,103,104,105,106,108,109,110,111,112,113,114,115,116)/p+2/t64-,74+,75-,76?,77-,78+,79+,80-/m1/s1. The summed E-state index contributed by atoms with van der Waals surface area (Å²) < 4.78 is 20.3. The van der Waals surface area contributed by atoms with Gasteiger partial charge >= 0.3 is 0 Å². The lowest BCUT2D eigenvalue weighted by Crippen LogP contribution is -2.56. The average molecular weight is 1680 g/mol. The number of quaternary nitrogens is 2. The third kappa shape index (κ3) is 22.9. The third-order valence-electron chi connectivity index (χ3n) is 22.6. The lowest BCUT2D eigenvalue weighted by atomic mass is 9.87. The Bertz CT molecular complexity index is 4850. The highest BCUT2D eigenvalue weighted by Crippen LogP contribution is 2.50. The number of rotatable bonds is 29. The molecule has 6 aliphatic heterocycles. The van der Waals surface area contributed by atoms with E-state index in [0.717, 1.165) is 86.6 Å². The second-order valence-electron chi connectivity index (χ2n) is 32.9. The number of nitrogens with one attached hydrogen (secondary N) is 8. The molecule has 8 atom stereocenters. The minimum atomic E-state index is -2.17. The molecule has 7 amide bonds. The fourth-order valence-electron chi connectivity index (χ4n) is 15.7. The predicted octanol–water partition coefficient (Wildman–Crippen LogP) is 12.3. The zero-order valence-corrected chi connectivity index (χ0v) is 69.8. The first-order valence-corrected chi connectivity index (χ1v) is 42.1. The molecule has 0 radical (unpaired) electrons. The molecule has 6 aliphatic rings. The number of nitrogens with zero attached hydrogens (tertiary/aromatic N) is 2. The molecular formula is C89H113Cl2N11O17+2. The molecule has 1 unspecified atom stereocenters. The number of phenols is 6. The van der Waals surface area contributed by atoms with Crippen LogP contribution in [0.25, 0.3) is 11.1 Å². The van der Waals surface area contributed by atoms with Gasteiger partial charge in [-0.25, -0.2) is 0 Å². The van der Waals surface area contributed by atoms with Gasteiger partial charge in [0.25, 0.3) is 0 Å². The topological polar surface area (TPSA) is 411 Å². The number of amides is 7. The molecule has 0 spiro atoms. The maximum atomic E-state index is 16.3. The van der Waals surface area contributed by atoms with E-state index in [-0.39, 0.29) is 103 Å². The fourth-order valence-corrected chi connectivity index (χ4v) is 16.2. The summed E-state index contributed by atoms with van der Waals surface area (Å²) in [5.41, 5.74) is 5.20. The summed E-state index contributed by atoms with van der Waals surface area (Å²) in [4.78, 5) is 109. The van der Waals surface area contributed by atoms with E-state index in [1.165, 1.54) is 149 Å². The summed E-state index contributed by atoms with van der Waals surface area (Å²) >= 11 is 14.1. The number of hydrogen-bond acceptors (Lipinski definition) is 19. The van der Waals surface area contributed by atoms with E-state index >= 15 is 28.8 Å². The van der Waals surface area contributed by atoms with E-state index in [4.69, 9.17) is 43.1 Å². The van der Waals surface area contributed by atoms with Crippen LogP contribution in [0.1, 0.15) is 210 Å². The van der Waals surface area contributed by atoms with Gasteiger partial charge in [0.2, 0.25) is 47.1 Å². The van der Waals surface area contributed by atoms with E-state index in [1.807, 2.05) is 0 Å². The molecule has 0 saturated heterocycles. The molecule has 7 aromatic rings. The van der Waals surface area contributed by atoms with Crippen LogP contribution in [-0.4, -0.2) is 166 Å². The Morgan fingerprint density at radius 3 is 1.61 bits per heavy atom. The lowest BCUT2D eigenvalue weighted by Gasteiger charge is -2.32. The first-order valence-electron chi connectivity index (χ1n) is 41.3. The summed E-state index contributed by atoms with van der Waals surface area (Å²) in [5, 5.41) is 107. The van der Waals surface area contributed by atoms with E-state index in [2.05, 4.69) is 84.6 Å². The molecule has 0 saturated carbocycles. The van der Waals surface area contributed by atoms with Crippen LogP contribution >= 0.6 is 23.2 Å². The highest BCUT2D eigenvalue weighted by Gasteiger charge is 2.42. The van der Waals surface area contributed by atoms with Gasteiger partial charge in [0.05, 0.1) is 70.0 Å². The van der Waals surface area contributed by atoms with E-state index in [0.29, 0.717) is 36.0 Å². The number of phenolic OH excluding ortho intramolecular Hbond substituents is 6. The van der Waals surface area contributed by atoms with E-state index < -0.39 is 136 Å². The molecule has 17 bridgehead atoms. The van der Waals surface area contributed by atoms with Gasteiger partial charge in [-0.1, -0.05) is 138 Å². The Balaban J connectivity index is 1.03. The zero-order valence-electron chi connectivity index (χ0n) is 68.3. The molecule has 17 N–H and O–H groups in total. The number of aliphatic hydroxyl groups excluding tert-OH is 1. The molecule has 6 heterocycles. The number of nitrogens with two attached hydrogens (primary N) is 1. The summed E-state index contributed by atoms with van der Waals surface area (Å²) in [6.07, 6.45) is 17.5. The van der Waals surface area contributed by atoms with Gasteiger partial charge in [-0.05, 0) is 143 Å². The molecular weight excluding hydrogens is 1570 g/mol. The average Bonchev–Trinajstić information content (AvgIpc) is 0.754. The number of carbonyl (C=O) groups is 7. The quantitative estimate of drug-likeness (QED) is 0.0153. The Hall–Kier alpha value is -10.6. The van der Waals surface area contributed by atoms with Crippen LogP contribution in [0, 0.1) is 0 Å². The van der Waals surface area contributed by atoms with Gasteiger partial charge in [-0.3, -0.25) is 33.6 Å². The largest absolute Gasteiger partial charge is 0.508 e. The second-order valence-corrected chi connectivity index (χ2v) is 33.7. The number of halogens is 2. The van der Waals surface area contributed by atoms with Crippen molar-refractivity contribution in [1.29, 1.82) is 0 Å². The maximum Gasteiger partial charge on any atom is 0.248 e. The van der Waals surface area contributed by atoms with Gasteiger partial charge < -0.3 is 107 Å². The number of aliphatic hydroxyl groups is 1. The molecule has 13 rings (SSSR count). The monoisotopic (exact) mass is 1680 g/mol. The van der Waals surface area contributed by atoms with Crippen molar-refractivity contribution in [3.05, 3.63) is 164 Å².